The van der Waals surface area contributed by atoms with Crippen LogP contribution in [0.25, 0.3) is 0 Å². The zero-order chi connectivity index (χ0) is 13.1. The molecule has 19 heavy (non-hydrogen) atoms. The maximum Gasteiger partial charge on any atom is 0.0695 e. The van der Waals surface area contributed by atoms with Gasteiger partial charge in [-0.2, -0.15) is 0 Å². The molecule has 0 radical (unpaired) electrons. The lowest BCUT2D eigenvalue weighted by Gasteiger charge is -2.41. The first-order valence-electron chi connectivity index (χ1n) is 7.81. The molecule has 0 spiro atoms. The Labute approximate surface area is 116 Å². The van der Waals surface area contributed by atoms with Gasteiger partial charge in [-0.05, 0) is 50.3 Å². The molecule has 2 fully saturated rings. The molecule has 2 atom stereocenters. The Bertz CT molecular complexity index is 384. The monoisotopic (exact) mass is 259 g/mol. The summed E-state index contributed by atoms with van der Waals surface area (Å²) in [7, 11) is 0. The predicted molar refractivity (Wildman–Crippen MR) is 78.3 cm³/mol. The normalized spacial score (nSPS) is 30.4. The summed E-state index contributed by atoms with van der Waals surface area (Å²) in [6.45, 7) is 2.31. The molecular weight excluding hydrogens is 234 g/mol. The Hall–Kier alpha value is -0.860. The van der Waals surface area contributed by atoms with E-state index in [1.54, 1.807) is 0 Å². The van der Waals surface area contributed by atoms with Gasteiger partial charge in [-0.3, -0.25) is 4.90 Å². The molecule has 1 N–H and O–H groups in total. The SMILES string of the molecule is O[C@H]1CCCC[C@@H]1N1CCC(c2ccccc2)CC1. The van der Waals surface area contributed by atoms with Gasteiger partial charge in [-0.1, -0.05) is 43.2 Å². The molecule has 1 aromatic carbocycles. The van der Waals surface area contributed by atoms with Crippen LogP contribution in [0.15, 0.2) is 30.3 Å². The van der Waals surface area contributed by atoms with E-state index >= 15 is 0 Å². The molecule has 1 aliphatic heterocycles. The Morgan fingerprint density at radius 2 is 1.58 bits per heavy atom. The number of aliphatic hydroxyl groups is 1. The van der Waals surface area contributed by atoms with E-state index in [-0.39, 0.29) is 6.10 Å². The molecule has 0 bridgehead atoms. The summed E-state index contributed by atoms with van der Waals surface area (Å²) < 4.78 is 0. The lowest BCUT2D eigenvalue weighted by atomic mass is 9.86. The van der Waals surface area contributed by atoms with E-state index < -0.39 is 0 Å². The van der Waals surface area contributed by atoms with Crippen molar-refractivity contribution in [3.05, 3.63) is 35.9 Å². The molecule has 104 valence electrons. The van der Waals surface area contributed by atoms with E-state index in [0.717, 1.165) is 25.4 Å². The molecule has 2 heteroatoms. The van der Waals surface area contributed by atoms with Gasteiger partial charge in [-0.15, -0.1) is 0 Å². The standard InChI is InChI=1S/C17H25NO/c19-17-9-5-4-8-16(17)18-12-10-15(11-13-18)14-6-2-1-3-7-14/h1-3,6-7,15-17,19H,4-5,8-13H2/t16-,17-/m0/s1. The van der Waals surface area contributed by atoms with E-state index in [2.05, 4.69) is 35.2 Å². The van der Waals surface area contributed by atoms with Crippen LogP contribution in [0.4, 0.5) is 0 Å². The van der Waals surface area contributed by atoms with Crippen LogP contribution in [0.1, 0.15) is 50.0 Å². The lowest BCUT2D eigenvalue weighted by Crippen LogP contribution is -2.48. The number of hydrogen-bond donors (Lipinski definition) is 1. The van der Waals surface area contributed by atoms with Crippen LogP contribution in [-0.2, 0) is 0 Å². The topological polar surface area (TPSA) is 23.5 Å². The number of likely N-dealkylation sites (tertiary alicyclic amines) is 1. The highest BCUT2D eigenvalue weighted by molar-refractivity contribution is 5.20. The fourth-order valence-electron chi connectivity index (χ4n) is 3.81. The third-order valence-corrected chi connectivity index (χ3v) is 4.96. The zero-order valence-electron chi connectivity index (χ0n) is 11.7. The molecule has 0 aromatic heterocycles. The van der Waals surface area contributed by atoms with Crippen LogP contribution in [0, 0.1) is 0 Å². The van der Waals surface area contributed by atoms with Crippen LogP contribution < -0.4 is 0 Å². The van der Waals surface area contributed by atoms with Crippen LogP contribution >= 0.6 is 0 Å². The van der Waals surface area contributed by atoms with Gasteiger partial charge < -0.3 is 5.11 Å². The average molecular weight is 259 g/mol. The smallest absolute Gasteiger partial charge is 0.0695 e. The number of benzene rings is 1. The van der Waals surface area contributed by atoms with Crippen molar-refractivity contribution in [3.8, 4) is 0 Å². The quantitative estimate of drug-likeness (QED) is 0.882. The number of piperidine rings is 1. The fraction of sp³-hybridized carbons (Fsp3) is 0.647. The number of hydrogen-bond acceptors (Lipinski definition) is 2. The van der Waals surface area contributed by atoms with E-state index in [9.17, 15) is 5.11 Å². The van der Waals surface area contributed by atoms with E-state index in [4.69, 9.17) is 0 Å². The summed E-state index contributed by atoms with van der Waals surface area (Å²) in [5.41, 5.74) is 1.49. The van der Waals surface area contributed by atoms with Gasteiger partial charge in [0.1, 0.15) is 0 Å². The van der Waals surface area contributed by atoms with Gasteiger partial charge in [0.15, 0.2) is 0 Å². The first-order chi connectivity index (χ1) is 9.34. The number of rotatable bonds is 2. The van der Waals surface area contributed by atoms with Crippen LogP contribution in [0.5, 0.6) is 0 Å². The van der Waals surface area contributed by atoms with Gasteiger partial charge in [0.2, 0.25) is 0 Å². The Morgan fingerprint density at radius 1 is 0.895 bits per heavy atom. The van der Waals surface area contributed by atoms with Crippen LogP contribution in [-0.4, -0.2) is 35.2 Å². The van der Waals surface area contributed by atoms with Crippen molar-refractivity contribution in [1.82, 2.24) is 4.90 Å². The summed E-state index contributed by atoms with van der Waals surface area (Å²) >= 11 is 0. The largest absolute Gasteiger partial charge is 0.391 e. The Morgan fingerprint density at radius 3 is 2.26 bits per heavy atom. The molecule has 1 aromatic rings. The fourth-order valence-corrected chi connectivity index (χ4v) is 3.81. The van der Waals surface area contributed by atoms with Crippen molar-refractivity contribution in [2.45, 2.75) is 56.6 Å². The summed E-state index contributed by atoms with van der Waals surface area (Å²) in [5.74, 6) is 0.721. The van der Waals surface area contributed by atoms with Crippen LogP contribution in [0.2, 0.25) is 0 Å². The second kappa shape index (κ2) is 6.06. The second-order valence-electron chi connectivity index (χ2n) is 6.14. The molecule has 1 aliphatic carbocycles. The van der Waals surface area contributed by atoms with Crippen molar-refractivity contribution in [2.75, 3.05) is 13.1 Å². The average Bonchev–Trinajstić information content (AvgIpc) is 2.49. The summed E-state index contributed by atoms with van der Waals surface area (Å²) in [6.07, 6.45) is 7.10. The second-order valence-corrected chi connectivity index (χ2v) is 6.14. The molecule has 1 saturated heterocycles. The maximum atomic E-state index is 10.2. The highest BCUT2D eigenvalue weighted by Gasteiger charge is 2.31. The molecule has 3 rings (SSSR count). The number of nitrogens with zero attached hydrogens (tertiary/aromatic N) is 1. The third kappa shape index (κ3) is 3.01. The minimum absolute atomic E-state index is 0.0815. The first kappa shape index (κ1) is 13.1. The van der Waals surface area contributed by atoms with E-state index in [0.29, 0.717) is 6.04 Å². The molecule has 1 saturated carbocycles. The van der Waals surface area contributed by atoms with Crippen molar-refractivity contribution in [1.29, 1.82) is 0 Å². The van der Waals surface area contributed by atoms with Crippen molar-refractivity contribution in [2.24, 2.45) is 0 Å². The minimum atomic E-state index is -0.0815. The predicted octanol–water partition coefficient (Wildman–Crippen LogP) is 3.17. The van der Waals surface area contributed by atoms with Gasteiger partial charge in [0.25, 0.3) is 0 Å². The summed E-state index contributed by atoms with van der Waals surface area (Å²) in [6, 6.07) is 11.3. The van der Waals surface area contributed by atoms with E-state index in [1.807, 2.05) is 0 Å². The van der Waals surface area contributed by atoms with Gasteiger partial charge in [0.05, 0.1) is 6.10 Å². The first-order valence-corrected chi connectivity index (χ1v) is 7.81. The van der Waals surface area contributed by atoms with Crippen molar-refractivity contribution < 1.29 is 5.11 Å². The van der Waals surface area contributed by atoms with Crippen LogP contribution in [0.3, 0.4) is 0 Å². The number of aliphatic hydroxyl groups excluding tert-OH is 1. The lowest BCUT2D eigenvalue weighted by molar-refractivity contribution is 0.00871. The highest BCUT2D eigenvalue weighted by Crippen LogP contribution is 2.31. The highest BCUT2D eigenvalue weighted by atomic mass is 16.3. The van der Waals surface area contributed by atoms with Gasteiger partial charge in [-0.25, -0.2) is 0 Å². The zero-order valence-corrected chi connectivity index (χ0v) is 11.7. The molecular formula is C17H25NO. The summed E-state index contributed by atoms with van der Waals surface area (Å²) in [5, 5.41) is 10.2. The van der Waals surface area contributed by atoms with Gasteiger partial charge in [0, 0.05) is 6.04 Å². The van der Waals surface area contributed by atoms with Crippen molar-refractivity contribution in [3.63, 3.8) is 0 Å². The third-order valence-electron chi connectivity index (χ3n) is 4.96. The summed E-state index contributed by atoms with van der Waals surface area (Å²) in [4.78, 5) is 2.54. The minimum Gasteiger partial charge on any atom is -0.391 e. The molecule has 0 unspecified atom stereocenters. The Balaban J connectivity index is 1.57. The Kier molecular flexibility index (Phi) is 4.19. The van der Waals surface area contributed by atoms with Gasteiger partial charge >= 0.3 is 0 Å². The van der Waals surface area contributed by atoms with Crippen molar-refractivity contribution >= 4 is 0 Å². The molecule has 1 heterocycles. The molecule has 2 aliphatic rings. The molecule has 0 amide bonds. The maximum absolute atomic E-state index is 10.2. The molecule has 2 nitrogen and oxygen atoms in total. The van der Waals surface area contributed by atoms with E-state index in [1.165, 1.54) is 37.7 Å².